The number of amides is 1. The molecule has 1 amide bonds. The van der Waals surface area contributed by atoms with Crippen LogP contribution in [-0.2, 0) is 11.2 Å². The van der Waals surface area contributed by atoms with Gasteiger partial charge in [0, 0.05) is 24.2 Å². The molecular formula is C13H17ClN2O. The van der Waals surface area contributed by atoms with Gasteiger partial charge in [-0.15, -0.1) is 0 Å². The molecule has 2 N–H and O–H groups in total. The summed E-state index contributed by atoms with van der Waals surface area (Å²) in [5.41, 5.74) is 6.75. The minimum absolute atomic E-state index is 0.119. The van der Waals surface area contributed by atoms with Crippen LogP contribution in [0, 0.1) is 0 Å². The monoisotopic (exact) mass is 252 g/mol. The Labute approximate surface area is 107 Å². The van der Waals surface area contributed by atoms with E-state index in [1.165, 1.54) is 0 Å². The van der Waals surface area contributed by atoms with E-state index >= 15 is 0 Å². The second-order valence-corrected chi connectivity index (χ2v) is 4.92. The van der Waals surface area contributed by atoms with Gasteiger partial charge in [-0.25, -0.2) is 0 Å². The summed E-state index contributed by atoms with van der Waals surface area (Å²) in [5.74, 6) is 0.119. The van der Waals surface area contributed by atoms with E-state index in [0.29, 0.717) is 18.0 Å². The Kier molecular flexibility index (Phi) is 4.02. The summed E-state index contributed by atoms with van der Waals surface area (Å²) in [4.78, 5) is 13.9. The maximum Gasteiger partial charge on any atom is 0.227 e. The van der Waals surface area contributed by atoms with Crippen LogP contribution in [-0.4, -0.2) is 29.9 Å². The third-order valence-electron chi connectivity index (χ3n) is 3.11. The van der Waals surface area contributed by atoms with E-state index in [2.05, 4.69) is 0 Å². The molecule has 92 valence electrons. The van der Waals surface area contributed by atoms with E-state index < -0.39 is 0 Å². The second-order valence-electron chi connectivity index (χ2n) is 4.51. The average Bonchev–Trinajstić information content (AvgIpc) is 2.32. The molecule has 0 spiro atoms. The molecule has 0 aliphatic carbocycles. The number of hydrogen-bond acceptors (Lipinski definition) is 2. The summed E-state index contributed by atoms with van der Waals surface area (Å²) in [5, 5.41) is 0.655. The first-order valence-electron chi connectivity index (χ1n) is 5.93. The minimum Gasteiger partial charge on any atom is -0.341 e. The minimum atomic E-state index is 0.119. The lowest BCUT2D eigenvalue weighted by Crippen LogP contribution is -2.46. The van der Waals surface area contributed by atoms with Gasteiger partial charge < -0.3 is 10.6 Å². The zero-order valence-corrected chi connectivity index (χ0v) is 10.5. The van der Waals surface area contributed by atoms with Crippen molar-refractivity contribution in [2.45, 2.75) is 25.3 Å². The molecule has 3 nitrogen and oxygen atoms in total. The molecule has 1 saturated heterocycles. The smallest absolute Gasteiger partial charge is 0.227 e. The first kappa shape index (κ1) is 12.4. The van der Waals surface area contributed by atoms with Crippen molar-refractivity contribution in [3.8, 4) is 0 Å². The highest BCUT2D eigenvalue weighted by Gasteiger charge is 2.21. The molecule has 2 rings (SSSR count). The van der Waals surface area contributed by atoms with Gasteiger partial charge in [-0.2, -0.15) is 0 Å². The van der Waals surface area contributed by atoms with Gasteiger partial charge in [-0.05, 0) is 24.5 Å². The van der Waals surface area contributed by atoms with Crippen molar-refractivity contribution in [1.29, 1.82) is 0 Å². The fraction of sp³-hybridized carbons (Fsp3) is 0.462. The van der Waals surface area contributed by atoms with Gasteiger partial charge in [-0.1, -0.05) is 29.8 Å². The zero-order chi connectivity index (χ0) is 12.3. The zero-order valence-electron chi connectivity index (χ0n) is 9.73. The Morgan fingerprint density at radius 1 is 1.47 bits per heavy atom. The average molecular weight is 253 g/mol. The molecule has 1 aliphatic heterocycles. The van der Waals surface area contributed by atoms with E-state index in [4.69, 9.17) is 17.3 Å². The number of nitrogens with zero attached hydrogens (tertiary/aromatic N) is 1. The lowest BCUT2D eigenvalue weighted by atomic mass is 10.1. The summed E-state index contributed by atoms with van der Waals surface area (Å²) >= 11 is 6.04. The molecule has 0 bridgehead atoms. The quantitative estimate of drug-likeness (QED) is 0.873. The fourth-order valence-corrected chi connectivity index (χ4v) is 2.36. The van der Waals surface area contributed by atoms with Gasteiger partial charge in [-0.3, -0.25) is 4.79 Å². The number of halogens is 1. The summed E-state index contributed by atoms with van der Waals surface area (Å²) in [7, 11) is 0. The molecule has 0 saturated carbocycles. The lowest BCUT2D eigenvalue weighted by Gasteiger charge is -2.30. The van der Waals surface area contributed by atoms with Crippen molar-refractivity contribution in [2.24, 2.45) is 5.73 Å². The Hall–Kier alpha value is -1.06. The molecule has 1 atom stereocenters. The third-order valence-corrected chi connectivity index (χ3v) is 3.48. The third kappa shape index (κ3) is 3.20. The van der Waals surface area contributed by atoms with Crippen LogP contribution in [0.5, 0.6) is 0 Å². The number of carbonyl (C=O) groups excluding carboxylic acids is 1. The fourth-order valence-electron chi connectivity index (χ4n) is 2.15. The van der Waals surface area contributed by atoms with Crippen molar-refractivity contribution in [3.05, 3.63) is 34.9 Å². The van der Waals surface area contributed by atoms with E-state index in [9.17, 15) is 4.79 Å². The Bertz CT molecular complexity index is 408. The van der Waals surface area contributed by atoms with Crippen LogP contribution in [0.2, 0.25) is 5.02 Å². The van der Waals surface area contributed by atoms with Crippen molar-refractivity contribution >= 4 is 17.5 Å². The Morgan fingerprint density at radius 3 is 2.94 bits per heavy atom. The van der Waals surface area contributed by atoms with Gasteiger partial charge in [0.25, 0.3) is 0 Å². The molecule has 0 aromatic heterocycles. The molecule has 0 unspecified atom stereocenters. The SMILES string of the molecule is N[C@@H]1CCCN(C(=O)Cc2ccccc2Cl)C1. The number of hydrogen-bond donors (Lipinski definition) is 1. The maximum absolute atomic E-state index is 12.1. The maximum atomic E-state index is 12.1. The van der Waals surface area contributed by atoms with Crippen LogP contribution in [0.3, 0.4) is 0 Å². The van der Waals surface area contributed by atoms with Crippen LogP contribution < -0.4 is 5.73 Å². The topological polar surface area (TPSA) is 46.3 Å². The number of rotatable bonds is 2. The molecule has 1 aromatic carbocycles. The summed E-state index contributed by atoms with van der Waals surface area (Å²) in [6, 6.07) is 7.60. The van der Waals surface area contributed by atoms with Crippen LogP contribution in [0.15, 0.2) is 24.3 Å². The molecule has 4 heteroatoms. The summed E-state index contributed by atoms with van der Waals surface area (Å²) < 4.78 is 0. The second kappa shape index (κ2) is 5.52. The normalized spacial score (nSPS) is 20.4. The molecule has 17 heavy (non-hydrogen) atoms. The molecule has 0 radical (unpaired) electrons. The van der Waals surface area contributed by atoms with Crippen LogP contribution >= 0.6 is 11.6 Å². The van der Waals surface area contributed by atoms with Gasteiger partial charge in [0.2, 0.25) is 5.91 Å². The number of nitrogens with two attached hydrogens (primary N) is 1. The van der Waals surface area contributed by atoms with Crippen LogP contribution in [0.4, 0.5) is 0 Å². The molecule has 1 aliphatic rings. The van der Waals surface area contributed by atoms with E-state index in [0.717, 1.165) is 24.9 Å². The first-order valence-corrected chi connectivity index (χ1v) is 6.31. The standard InChI is InChI=1S/C13H17ClN2O/c14-12-6-2-1-4-10(12)8-13(17)16-7-3-5-11(15)9-16/h1-2,4,6,11H,3,5,7-9,15H2/t11-/m1/s1. The van der Waals surface area contributed by atoms with Gasteiger partial charge in [0.15, 0.2) is 0 Å². The van der Waals surface area contributed by atoms with Crippen molar-refractivity contribution in [2.75, 3.05) is 13.1 Å². The van der Waals surface area contributed by atoms with Crippen molar-refractivity contribution in [3.63, 3.8) is 0 Å². The number of carbonyl (C=O) groups is 1. The van der Waals surface area contributed by atoms with E-state index in [1.807, 2.05) is 29.2 Å². The largest absolute Gasteiger partial charge is 0.341 e. The molecule has 1 aromatic rings. The highest BCUT2D eigenvalue weighted by atomic mass is 35.5. The molecular weight excluding hydrogens is 236 g/mol. The molecule has 1 fully saturated rings. The summed E-state index contributed by atoms with van der Waals surface area (Å²) in [6.07, 6.45) is 2.37. The Balaban J connectivity index is 1.99. The number of piperidine rings is 1. The predicted molar refractivity (Wildman–Crippen MR) is 68.9 cm³/mol. The van der Waals surface area contributed by atoms with Gasteiger partial charge >= 0.3 is 0 Å². The Morgan fingerprint density at radius 2 is 2.24 bits per heavy atom. The summed E-state index contributed by atoms with van der Waals surface area (Å²) in [6.45, 7) is 1.49. The van der Waals surface area contributed by atoms with Gasteiger partial charge in [0.1, 0.15) is 0 Å². The first-order chi connectivity index (χ1) is 8.16. The molecule has 1 heterocycles. The van der Waals surface area contributed by atoms with E-state index in [-0.39, 0.29) is 11.9 Å². The van der Waals surface area contributed by atoms with Crippen LogP contribution in [0.1, 0.15) is 18.4 Å². The lowest BCUT2D eigenvalue weighted by molar-refractivity contribution is -0.131. The van der Waals surface area contributed by atoms with Crippen molar-refractivity contribution < 1.29 is 4.79 Å². The van der Waals surface area contributed by atoms with E-state index in [1.54, 1.807) is 0 Å². The van der Waals surface area contributed by atoms with Crippen molar-refractivity contribution in [1.82, 2.24) is 4.90 Å². The van der Waals surface area contributed by atoms with Gasteiger partial charge in [0.05, 0.1) is 6.42 Å². The van der Waals surface area contributed by atoms with Crippen LogP contribution in [0.25, 0.3) is 0 Å². The number of likely N-dealkylation sites (tertiary alicyclic amines) is 1. The highest BCUT2D eigenvalue weighted by molar-refractivity contribution is 6.31. The highest BCUT2D eigenvalue weighted by Crippen LogP contribution is 2.17. The number of benzene rings is 1. The predicted octanol–water partition coefficient (Wildman–Crippen LogP) is 1.83.